The van der Waals surface area contributed by atoms with Crippen LogP contribution in [0.25, 0.3) is 0 Å². The molecule has 3 heteroatoms. The summed E-state index contributed by atoms with van der Waals surface area (Å²) in [5.74, 6) is 0. The van der Waals surface area contributed by atoms with E-state index in [1.54, 1.807) is 0 Å². The summed E-state index contributed by atoms with van der Waals surface area (Å²) >= 11 is 0. The fourth-order valence-corrected chi connectivity index (χ4v) is 4.89. The van der Waals surface area contributed by atoms with Crippen LogP contribution in [0.15, 0.2) is 91.0 Å². The molecule has 0 saturated heterocycles. The van der Waals surface area contributed by atoms with Gasteiger partial charge in [-0.3, -0.25) is 0 Å². The van der Waals surface area contributed by atoms with E-state index in [-0.39, 0.29) is 43.2 Å². The number of hydrogen-bond donors (Lipinski definition) is 0. The van der Waals surface area contributed by atoms with E-state index in [2.05, 4.69) is 91.0 Å². The minimum Gasteiger partial charge on any atom is -0.870 e. The molecule has 0 amide bonds. The molecule has 0 spiro atoms. The zero-order valence-electron chi connectivity index (χ0n) is 11.8. The molecule has 0 unspecified atom stereocenters. The molecule has 0 aliphatic heterocycles. The molecule has 1 nitrogen and oxygen atoms in total. The van der Waals surface area contributed by atoms with Crippen LogP contribution < -0.4 is 15.9 Å². The van der Waals surface area contributed by atoms with E-state index < -0.39 is 7.92 Å². The third-order valence-electron chi connectivity index (χ3n) is 3.19. The van der Waals surface area contributed by atoms with Gasteiger partial charge in [-0.15, -0.1) is 0 Å². The monoisotopic (exact) mass is 320 g/mol. The average Bonchev–Trinajstić information content (AvgIpc) is 2.51. The fourth-order valence-electron chi connectivity index (χ4n) is 2.31. The van der Waals surface area contributed by atoms with E-state index in [0.717, 1.165) is 0 Å². The quantitative estimate of drug-likeness (QED) is 0.539. The second-order valence-corrected chi connectivity index (χ2v) is 6.96. The molecule has 0 saturated carbocycles. The van der Waals surface area contributed by atoms with Crippen molar-refractivity contribution in [3.05, 3.63) is 91.0 Å². The molecule has 2 radical (unpaired) electrons. The summed E-state index contributed by atoms with van der Waals surface area (Å²) in [7, 11) is -0.877. The Balaban J connectivity index is 0.00000110. The van der Waals surface area contributed by atoms with Gasteiger partial charge in [0.2, 0.25) is 0 Å². The second kappa shape index (κ2) is 9.35. The standard InChI is InChI=1S/C18H15P.Ca.H2O/c1-4-10-16(11-5-1)19(17-12-6-2-7-13-17)18-14-8-3-9-15-18;;/h1-15H;;1H2. The Labute approximate surface area is 157 Å². The Morgan fingerprint density at radius 1 is 0.429 bits per heavy atom. The molecule has 0 bridgehead atoms. The molecule has 0 aliphatic rings. The molecule has 1 N–H and O–H groups in total. The summed E-state index contributed by atoms with van der Waals surface area (Å²) in [6.07, 6.45) is 0. The zero-order chi connectivity index (χ0) is 12.9. The van der Waals surface area contributed by atoms with Crippen molar-refractivity contribution in [1.29, 1.82) is 0 Å². The van der Waals surface area contributed by atoms with Gasteiger partial charge < -0.3 is 5.48 Å². The van der Waals surface area contributed by atoms with Crippen molar-refractivity contribution in [3.8, 4) is 0 Å². The van der Waals surface area contributed by atoms with Crippen LogP contribution in [0, 0.1) is 0 Å². The molecular weight excluding hydrogens is 303 g/mol. The predicted molar refractivity (Wildman–Crippen MR) is 94.2 cm³/mol. The van der Waals surface area contributed by atoms with Crippen LogP contribution in [0.4, 0.5) is 0 Å². The van der Waals surface area contributed by atoms with Gasteiger partial charge in [-0.25, -0.2) is 0 Å². The summed E-state index contributed by atoms with van der Waals surface area (Å²) < 4.78 is 0. The van der Waals surface area contributed by atoms with Crippen LogP contribution in [0.3, 0.4) is 0 Å². The van der Waals surface area contributed by atoms with Gasteiger partial charge in [0.05, 0.1) is 7.92 Å². The Bertz CT molecular complexity index is 535. The minimum absolute atomic E-state index is 0. The molecule has 102 valence electrons. The Morgan fingerprint density at radius 2 is 0.667 bits per heavy atom. The maximum Gasteiger partial charge on any atom is 0.102 e. The first-order valence-corrected chi connectivity index (χ1v) is 7.98. The maximum atomic E-state index is 2.24. The predicted octanol–water partition coefficient (Wildman–Crippen LogP) is 2.62. The van der Waals surface area contributed by atoms with Crippen molar-refractivity contribution in [2.24, 2.45) is 0 Å². The first-order chi connectivity index (χ1) is 9.45. The average molecular weight is 320 g/mol. The molecule has 0 aromatic heterocycles. The second-order valence-electron chi connectivity index (χ2n) is 4.47. The molecule has 3 aromatic rings. The third kappa shape index (κ3) is 4.64. The summed E-state index contributed by atoms with van der Waals surface area (Å²) in [5.41, 5.74) is 0. The van der Waals surface area contributed by atoms with Crippen LogP contribution in [0.5, 0.6) is 0 Å². The van der Waals surface area contributed by atoms with Crippen molar-refractivity contribution in [2.75, 3.05) is 0 Å². The maximum absolute atomic E-state index is 2.24. The Hall–Kier alpha value is -0.690. The molecule has 21 heavy (non-hydrogen) atoms. The van der Waals surface area contributed by atoms with Crippen molar-refractivity contribution >= 4 is 61.6 Å². The van der Waals surface area contributed by atoms with Crippen molar-refractivity contribution in [1.82, 2.24) is 0 Å². The van der Waals surface area contributed by atoms with E-state index in [1.165, 1.54) is 15.9 Å². The van der Waals surface area contributed by atoms with E-state index in [1.807, 2.05) is 0 Å². The van der Waals surface area contributed by atoms with Crippen LogP contribution in [-0.2, 0) is 0 Å². The van der Waals surface area contributed by atoms with Gasteiger partial charge in [-0.05, 0) is 36.4 Å². The van der Waals surface area contributed by atoms with Crippen LogP contribution >= 0.6 is 7.92 Å². The smallest absolute Gasteiger partial charge is 0.102 e. The molecule has 0 fully saturated rings. The molecular formula is C18H17CaOP. The van der Waals surface area contributed by atoms with Gasteiger partial charge >= 0.3 is 0 Å². The minimum atomic E-state index is -0.877. The topological polar surface area (TPSA) is 30.0 Å². The SMILES string of the molecule is [Ca].[OH-].c1ccc([PH+](c2ccccc2)c2ccccc2)cc1. The van der Waals surface area contributed by atoms with E-state index in [0.29, 0.717) is 0 Å². The van der Waals surface area contributed by atoms with E-state index in [9.17, 15) is 0 Å². The van der Waals surface area contributed by atoms with Gasteiger partial charge in [-0.2, -0.15) is 0 Å². The van der Waals surface area contributed by atoms with Crippen molar-refractivity contribution in [3.63, 3.8) is 0 Å². The summed E-state index contributed by atoms with van der Waals surface area (Å²) in [6, 6.07) is 32.5. The summed E-state index contributed by atoms with van der Waals surface area (Å²) in [5, 5.41) is 4.31. The summed E-state index contributed by atoms with van der Waals surface area (Å²) in [6.45, 7) is 0. The Kier molecular flexibility index (Phi) is 8.18. The van der Waals surface area contributed by atoms with Crippen molar-refractivity contribution < 1.29 is 5.48 Å². The van der Waals surface area contributed by atoms with Gasteiger partial charge in [0.15, 0.2) is 0 Å². The van der Waals surface area contributed by atoms with Crippen LogP contribution in [-0.4, -0.2) is 43.2 Å². The number of hydrogen-bond acceptors (Lipinski definition) is 1. The molecule has 3 aromatic carbocycles. The molecule has 3 rings (SSSR count). The normalized spacial score (nSPS) is 9.57. The molecule has 0 heterocycles. The van der Waals surface area contributed by atoms with E-state index >= 15 is 0 Å². The number of benzene rings is 3. The summed E-state index contributed by atoms with van der Waals surface area (Å²) in [4.78, 5) is 0. The number of rotatable bonds is 3. The largest absolute Gasteiger partial charge is 0.870 e. The van der Waals surface area contributed by atoms with Gasteiger partial charge in [0.25, 0.3) is 0 Å². The van der Waals surface area contributed by atoms with Crippen molar-refractivity contribution in [2.45, 2.75) is 0 Å². The molecule has 0 atom stereocenters. The third-order valence-corrected chi connectivity index (χ3v) is 5.92. The Morgan fingerprint density at radius 3 is 0.905 bits per heavy atom. The van der Waals surface area contributed by atoms with Crippen LogP contribution in [0.2, 0.25) is 0 Å². The van der Waals surface area contributed by atoms with Crippen LogP contribution in [0.1, 0.15) is 0 Å². The first kappa shape index (κ1) is 18.4. The fraction of sp³-hybridized carbons (Fsp3) is 0. The van der Waals surface area contributed by atoms with E-state index in [4.69, 9.17) is 0 Å². The van der Waals surface area contributed by atoms with Gasteiger partial charge in [-0.1, -0.05) is 54.6 Å². The molecule has 0 aliphatic carbocycles. The zero-order valence-corrected chi connectivity index (χ0v) is 15.0. The van der Waals surface area contributed by atoms with Gasteiger partial charge in [0.1, 0.15) is 15.9 Å². The van der Waals surface area contributed by atoms with Gasteiger partial charge in [0, 0.05) is 37.7 Å². The first-order valence-electron chi connectivity index (χ1n) is 6.48.